The number of pyridine rings is 1. The largest absolute Gasteiger partial charge is 0.314 e. The zero-order chi connectivity index (χ0) is 24.0. The predicted molar refractivity (Wildman–Crippen MR) is 128 cm³/mol. The maximum absolute atomic E-state index is 13.1. The molecule has 0 aliphatic rings. The molecule has 1 aromatic heterocycles. The van der Waals surface area contributed by atoms with E-state index in [1.54, 1.807) is 26.0 Å². The highest BCUT2D eigenvalue weighted by atomic mass is 16.6. The van der Waals surface area contributed by atoms with E-state index in [9.17, 15) is 20.2 Å². The Hall–Kier alpha value is -4.05. The maximum atomic E-state index is 13.1. The summed E-state index contributed by atoms with van der Waals surface area (Å²) in [7, 11) is 0. The summed E-state index contributed by atoms with van der Waals surface area (Å²) in [5.41, 5.74) is 4.27. The van der Waals surface area contributed by atoms with Gasteiger partial charge in [-0.25, -0.2) is 4.98 Å². The molecule has 1 heterocycles. The van der Waals surface area contributed by atoms with Crippen LogP contribution in [-0.2, 0) is 11.2 Å². The van der Waals surface area contributed by atoms with Gasteiger partial charge < -0.3 is 5.32 Å². The number of nitro groups is 1. The molecule has 7 nitrogen and oxygen atoms in total. The lowest BCUT2D eigenvalue weighted by molar-refractivity contribution is -0.384. The fourth-order valence-corrected chi connectivity index (χ4v) is 3.98. The second-order valence-corrected chi connectivity index (χ2v) is 8.07. The van der Waals surface area contributed by atoms with Crippen molar-refractivity contribution in [2.24, 2.45) is 5.92 Å². The van der Waals surface area contributed by atoms with Crippen molar-refractivity contribution in [3.05, 3.63) is 87.1 Å². The van der Waals surface area contributed by atoms with E-state index in [0.717, 1.165) is 23.1 Å². The molecule has 0 spiro atoms. The molecule has 168 valence electrons. The third-order valence-electron chi connectivity index (χ3n) is 5.54. The van der Waals surface area contributed by atoms with Gasteiger partial charge in [0.05, 0.1) is 16.6 Å². The quantitative estimate of drug-likeness (QED) is 0.353. The van der Waals surface area contributed by atoms with Gasteiger partial charge in [0.2, 0.25) is 11.7 Å². The highest BCUT2D eigenvalue weighted by Crippen LogP contribution is 2.29. The number of carbonyl (C=O) groups excluding carboxylic acids is 1. The van der Waals surface area contributed by atoms with E-state index >= 15 is 0 Å². The van der Waals surface area contributed by atoms with Crippen molar-refractivity contribution in [1.82, 2.24) is 4.98 Å². The number of carbonyl (C=O) groups is 1. The number of aromatic nitrogens is 1. The SMILES string of the molecule is CCCC(Cc1ccc(-c2ccccc2C#N)cc1)C(=O)Nc1nc(C)cc(C)c1[N+](=O)[O-]. The Morgan fingerprint density at radius 3 is 2.52 bits per heavy atom. The first kappa shape index (κ1) is 23.6. The second-order valence-electron chi connectivity index (χ2n) is 8.07. The number of nitrogens with one attached hydrogen (secondary N) is 1. The minimum absolute atomic E-state index is 0.00735. The van der Waals surface area contributed by atoms with Crippen LogP contribution in [0.15, 0.2) is 54.6 Å². The molecular formula is C26H26N4O3. The van der Waals surface area contributed by atoms with Crippen molar-refractivity contribution in [3.8, 4) is 17.2 Å². The summed E-state index contributed by atoms with van der Waals surface area (Å²) in [6.07, 6.45) is 1.94. The second kappa shape index (κ2) is 10.5. The fourth-order valence-electron chi connectivity index (χ4n) is 3.98. The first-order valence-corrected chi connectivity index (χ1v) is 10.9. The number of rotatable bonds is 8. The normalized spacial score (nSPS) is 11.5. The molecule has 3 aromatic rings. The molecule has 1 atom stereocenters. The Morgan fingerprint density at radius 1 is 1.18 bits per heavy atom. The van der Waals surface area contributed by atoms with Crippen LogP contribution in [0.25, 0.3) is 11.1 Å². The van der Waals surface area contributed by atoms with Crippen LogP contribution in [0, 0.1) is 41.2 Å². The minimum Gasteiger partial charge on any atom is -0.305 e. The van der Waals surface area contributed by atoms with E-state index in [4.69, 9.17) is 0 Å². The molecule has 0 bridgehead atoms. The zero-order valence-electron chi connectivity index (χ0n) is 19.0. The Morgan fingerprint density at radius 2 is 1.88 bits per heavy atom. The third-order valence-corrected chi connectivity index (χ3v) is 5.54. The molecular weight excluding hydrogens is 416 g/mol. The van der Waals surface area contributed by atoms with Crippen LogP contribution in [-0.4, -0.2) is 15.8 Å². The Balaban J connectivity index is 1.81. The maximum Gasteiger partial charge on any atom is 0.314 e. The number of hydrogen-bond donors (Lipinski definition) is 1. The molecule has 0 saturated heterocycles. The summed E-state index contributed by atoms with van der Waals surface area (Å²) >= 11 is 0. The molecule has 1 unspecified atom stereocenters. The topological polar surface area (TPSA) is 109 Å². The van der Waals surface area contributed by atoms with Gasteiger partial charge in [-0.05, 0) is 55.5 Å². The summed E-state index contributed by atoms with van der Waals surface area (Å²) in [5.74, 6) is -0.641. The van der Waals surface area contributed by atoms with Crippen LogP contribution in [0.5, 0.6) is 0 Å². The summed E-state index contributed by atoms with van der Waals surface area (Å²) in [5, 5.41) is 23.6. The molecule has 0 aliphatic carbocycles. The summed E-state index contributed by atoms with van der Waals surface area (Å²) in [6.45, 7) is 5.37. The van der Waals surface area contributed by atoms with Crippen LogP contribution in [0.2, 0.25) is 0 Å². The molecule has 7 heteroatoms. The molecule has 0 fully saturated rings. The van der Waals surface area contributed by atoms with Gasteiger partial charge in [-0.3, -0.25) is 14.9 Å². The van der Waals surface area contributed by atoms with Crippen molar-refractivity contribution < 1.29 is 9.72 Å². The fraction of sp³-hybridized carbons (Fsp3) is 0.269. The van der Waals surface area contributed by atoms with Crippen molar-refractivity contribution in [2.45, 2.75) is 40.0 Å². The summed E-state index contributed by atoms with van der Waals surface area (Å²) in [6, 6.07) is 19.1. The van der Waals surface area contributed by atoms with Crippen molar-refractivity contribution >= 4 is 17.4 Å². The van der Waals surface area contributed by atoms with Gasteiger partial charge in [0.25, 0.3) is 0 Å². The summed E-state index contributed by atoms with van der Waals surface area (Å²) in [4.78, 5) is 28.3. The van der Waals surface area contributed by atoms with E-state index in [2.05, 4.69) is 16.4 Å². The van der Waals surface area contributed by atoms with Gasteiger partial charge in [0.15, 0.2) is 0 Å². The highest BCUT2D eigenvalue weighted by molar-refractivity contribution is 5.94. The number of hydrogen-bond acceptors (Lipinski definition) is 5. The molecule has 0 radical (unpaired) electrons. The lowest BCUT2D eigenvalue weighted by atomic mass is 9.92. The average Bonchev–Trinajstić information content (AvgIpc) is 2.78. The van der Waals surface area contributed by atoms with Gasteiger partial charge in [-0.2, -0.15) is 5.26 Å². The third kappa shape index (κ3) is 5.60. The predicted octanol–water partition coefficient (Wildman–Crippen LogP) is 5.74. The van der Waals surface area contributed by atoms with Gasteiger partial charge in [0.1, 0.15) is 0 Å². The molecule has 3 rings (SSSR count). The highest BCUT2D eigenvalue weighted by Gasteiger charge is 2.25. The number of nitriles is 1. The van der Waals surface area contributed by atoms with Crippen LogP contribution in [0.3, 0.4) is 0 Å². The van der Waals surface area contributed by atoms with Gasteiger partial charge >= 0.3 is 5.69 Å². The van der Waals surface area contributed by atoms with E-state index in [0.29, 0.717) is 29.7 Å². The lowest BCUT2D eigenvalue weighted by Gasteiger charge is -2.17. The van der Waals surface area contributed by atoms with Crippen molar-refractivity contribution in [3.63, 3.8) is 0 Å². The first-order chi connectivity index (χ1) is 15.8. The number of amides is 1. The molecule has 0 aliphatic heterocycles. The van der Waals surface area contributed by atoms with E-state index < -0.39 is 4.92 Å². The van der Waals surface area contributed by atoms with Crippen molar-refractivity contribution in [1.29, 1.82) is 5.26 Å². The molecule has 33 heavy (non-hydrogen) atoms. The molecule has 1 N–H and O–H groups in total. The minimum atomic E-state index is -0.510. The Labute approximate surface area is 193 Å². The summed E-state index contributed by atoms with van der Waals surface area (Å²) < 4.78 is 0. The van der Waals surface area contributed by atoms with Gasteiger partial charge in [-0.1, -0.05) is 55.8 Å². The van der Waals surface area contributed by atoms with Crippen LogP contribution < -0.4 is 5.32 Å². The Bertz CT molecular complexity index is 1210. The number of aryl methyl sites for hydroxylation is 2. The van der Waals surface area contributed by atoms with E-state index in [-0.39, 0.29) is 23.3 Å². The lowest BCUT2D eigenvalue weighted by Crippen LogP contribution is -2.26. The van der Waals surface area contributed by atoms with Crippen molar-refractivity contribution in [2.75, 3.05) is 5.32 Å². The number of anilines is 1. The van der Waals surface area contributed by atoms with E-state index in [1.807, 2.05) is 49.4 Å². The monoisotopic (exact) mass is 442 g/mol. The standard InChI is InChI=1S/C26H26N4O3/c1-4-7-21(26(31)29-25-24(30(32)33)17(2)14-18(3)28-25)15-19-10-12-20(13-11-19)23-9-6-5-8-22(23)16-27/h5-6,8-14,21H,4,7,15H2,1-3H3,(H,28,29,31). The van der Waals surface area contributed by atoms with Gasteiger partial charge in [0, 0.05) is 17.2 Å². The van der Waals surface area contributed by atoms with Crippen LogP contribution in [0.1, 0.15) is 42.1 Å². The number of nitrogens with zero attached hydrogens (tertiary/aromatic N) is 3. The molecule has 1 amide bonds. The Kier molecular flexibility index (Phi) is 7.52. The first-order valence-electron chi connectivity index (χ1n) is 10.9. The molecule has 2 aromatic carbocycles. The zero-order valence-corrected chi connectivity index (χ0v) is 19.0. The average molecular weight is 443 g/mol. The number of benzene rings is 2. The van der Waals surface area contributed by atoms with E-state index in [1.165, 1.54) is 0 Å². The van der Waals surface area contributed by atoms with Gasteiger partial charge in [-0.15, -0.1) is 0 Å². The smallest absolute Gasteiger partial charge is 0.305 e. The van der Waals surface area contributed by atoms with Crippen LogP contribution in [0.4, 0.5) is 11.5 Å². The van der Waals surface area contributed by atoms with Crippen LogP contribution >= 0.6 is 0 Å². The molecule has 0 saturated carbocycles.